The van der Waals surface area contributed by atoms with Gasteiger partial charge in [0, 0.05) is 0 Å². The Bertz CT molecular complexity index is 629. The molecule has 2 rings (SSSR count). The largest absolute Gasteiger partial charge is 0.367 e. The lowest BCUT2D eigenvalue weighted by atomic mass is 10.1. The average molecular weight is 276 g/mol. The molecule has 0 radical (unpaired) electrons. The standard InChI is InChI=1S/C14H10ClNO3/c1-9-8-10(17)6-7-13(9)16-19-14(18)11-4-2-3-5-12(11)15/h2-8H,1H3/b16-13+. The lowest BCUT2D eigenvalue weighted by molar-refractivity contribution is -0.110. The second kappa shape index (κ2) is 5.63. The first-order valence-electron chi connectivity index (χ1n) is 5.52. The zero-order valence-corrected chi connectivity index (χ0v) is 10.8. The number of halogens is 1. The van der Waals surface area contributed by atoms with Gasteiger partial charge >= 0.3 is 5.97 Å². The van der Waals surface area contributed by atoms with Crippen molar-refractivity contribution in [2.45, 2.75) is 6.92 Å². The van der Waals surface area contributed by atoms with Crippen molar-refractivity contribution in [3.05, 3.63) is 58.7 Å². The number of carbonyl (C=O) groups is 2. The highest BCUT2D eigenvalue weighted by Crippen LogP contribution is 2.16. The fourth-order valence-electron chi connectivity index (χ4n) is 1.50. The molecule has 0 atom stereocenters. The molecule has 4 nitrogen and oxygen atoms in total. The van der Waals surface area contributed by atoms with Crippen molar-refractivity contribution >= 4 is 29.1 Å². The maximum atomic E-state index is 11.8. The first-order valence-corrected chi connectivity index (χ1v) is 5.90. The molecule has 1 aliphatic rings. The van der Waals surface area contributed by atoms with Crippen LogP contribution in [0.5, 0.6) is 0 Å². The summed E-state index contributed by atoms with van der Waals surface area (Å²) in [5.41, 5.74) is 1.31. The summed E-state index contributed by atoms with van der Waals surface area (Å²) >= 11 is 5.87. The summed E-state index contributed by atoms with van der Waals surface area (Å²) in [5.74, 6) is -0.759. The first-order chi connectivity index (χ1) is 9.08. The van der Waals surface area contributed by atoms with Gasteiger partial charge < -0.3 is 4.84 Å². The Balaban J connectivity index is 2.13. The molecule has 0 saturated heterocycles. The number of nitrogens with zero attached hydrogens (tertiary/aromatic N) is 1. The molecule has 1 aromatic carbocycles. The summed E-state index contributed by atoms with van der Waals surface area (Å²) in [6.07, 6.45) is 4.27. The van der Waals surface area contributed by atoms with Gasteiger partial charge in [-0.2, -0.15) is 0 Å². The molecule has 19 heavy (non-hydrogen) atoms. The van der Waals surface area contributed by atoms with Gasteiger partial charge in [0.2, 0.25) is 0 Å². The first kappa shape index (κ1) is 13.2. The molecule has 0 spiro atoms. The summed E-state index contributed by atoms with van der Waals surface area (Å²) in [6, 6.07) is 6.54. The normalized spacial score (nSPS) is 16.4. The molecule has 0 saturated carbocycles. The molecule has 0 unspecified atom stereocenters. The van der Waals surface area contributed by atoms with E-state index in [1.54, 1.807) is 31.2 Å². The summed E-state index contributed by atoms with van der Waals surface area (Å²) < 4.78 is 0. The number of hydrogen-bond acceptors (Lipinski definition) is 4. The molecular weight excluding hydrogens is 266 g/mol. The van der Waals surface area contributed by atoms with Gasteiger partial charge in [-0.25, -0.2) is 4.79 Å². The van der Waals surface area contributed by atoms with Crippen LogP contribution < -0.4 is 0 Å². The van der Waals surface area contributed by atoms with Crippen LogP contribution >= 0.6 is 11.6 Å². The predicted octanol–water partition coefficient (Wildman–Crippen LogP) is 2.94. The molecule has 0 fully saturated rings. The maximum Gasteiger partial charge on any atom is 0.367 e. The lowest BCUT2D eigenvalue weighted by Gasteiger charge is -2.05. The Kier molecular flexibility index (Phi) is 3.92. The van der Waals surface area contributed by atoms with Crippen LogP contribution in [-0.4, -0.2) is 17.5 Å². The zero-order valence-electron chi connectivity index (χ0n) is 10.1. The lowest BCUT2D eigenvalue weighted by Crippen LogP contribution is -2.08. The van der Waals surface area contributed by atoms with E-state index < -0.39 is 5.97 Å². The van der Waals surface area contributed by atoms with Gasteiger partial charge in [0.1, 0.15) is 5.71 Å². The third-order valence-corrected chi connectivity index (χ3v) is 2.82. The van der Waals surface area contributed by atoms with Crippen molar-refractivity contribution in [1.29, 1.82) is 0 Å². The minimum absolute atomic E-state index is 0.117. The van der Waals surface area contributed by atoms with Gasteiger partial charge in [0.25, 0.3) is 0 Å². The number of benzene rings is 1. The number of hydrogen-bond donors (Lipinski definition) is 0. The van der Waals surface area contributed by atoms with Gasteiger partial charge in [-0.1, -0.05) is 28.9 Å². The van der Waals surface area contributed by atoms with Crippen molar-refractivity contribution < 1.29 is 14.4 Å². The van der Waals surface area contributed by atoms with Gasteiger partial charge in [0.15, 0.2) is 5.78 Å². The molecule has 0 bridgehead atoms. The van der Waals surface area contributed by atoms with E-state index in [2.05, 4.69) is 5.16 Å². The molecule has 5 heteroatoms. The Labute approximate surface area is 115 Å². The molecule has 96 valence electrons. The fourth-order valence-corrected chi connectivity index (χ4v) is 1.71. The van der Waals surface area contributed by atoms with Crippen LogP contribution in [0.25, 0.3) is 0 Å². The van der Waals surface area contributed by atoms with Crippen LogP contribution in [0.15, 0.2) is 53.2 Å². The number of carbonyl (C=O) groups excluding carboxylic acids is 2. The summed E-state index contributed by atoms with van der Waals surface area (Å²) in [7, 11) is 0. The zero-order chi connectivity index (χ0) is 13.8. The van der Waals surface area contributed by atoms with E-state index >= 15 is 0 Å². The van der Waals surface area contributed by atoms with Crippen molar-refractivity contribution in [3.8, 4) is 0 Å². The van der Waals surface area contributed by atoms with Crippen LogP contribution in [0.1, 0.15) is 17.3 Å². The highest BCUT2D eigenvalue weighted by atomic mass is 35.5. The van der Waals surface area contributed by atoms with E-state index in [9.17, 15) is 9.59 Å². The molecule has 1 aromatic rings. The number of oxime groups is 1. The minimum atomic E-state index is -0.642. The Morgan fingerprint density at radius 3 is 2.68 bits per heavy atom. The van der Waals surface area contributed by atoms with Crippen molar-refractivity contribution in [3.63, 3.8) is 0 Å². The highest BCUT2D eigenvalue weighted by Gasteiger charge is 2.13. The third kappa shape index (κ3) is 3.17. The van der Waals surface area contributed by atoms with Crippen LogP contribution in [0.4, 0.5) is 0 Å². The van der Waals surface area contributed by atoms with Crippen molar-refractivity contribution in [1.82, 2.24) is 0 Å². The molecule has 0 aliphatic heterocycles. The van der Waals surface area contributed by atoms with Crippen LogP contribution in [0.3, 0.4) is 0 Å². The van der Waals surface area contributed by atoms with Gasteiger partial charge in [-0.3, -0.25) is 4.79 Å². The quantitative estimate of drug-likeness (QED) is 0.474. The van der Waals surface area contributed by atoms with Crippen LogP contribution in [0.2, 0.25) is 5.02 Å². The Hall–Kier alpha value is -2.20. The van der Waals surface area contributed by atoms with E-state index in [-0.39, 0.29) is 11.3 Å². The van der Waals surface area contributed by atoms with Gasteiger partial charge in [-0.05, 0) is 42.9 Å². The Morgan fingerprint density at radius 1 is 1.26 bits per heavy atom. The van der Waals surface area contributed by atoms with E-state index in [0.29, 0.717) is 16.3 Å². The predicted molar refractivity (Wildman–Crippen MR) is 72.2 cm³/mol. The number of rotatable bonds is 2. The Morgan fingerprint density at radius 2 is 2.00 bits per heavy atom. The van der Waals surface area contributed by atoms with E-state index in [0.717, 1.165) is 0 Å². The van der Waals surface area contributed by atoms with E-state index in [1.165, 1.54) is 18.2 Å². The van der Waals surface area contributed by atoms with Crippen molar-refractivity contribution in [2.24, 2.45) is 5.16 Å². The highest BCUT2D eigenvalue weighted by molar-refractivity contribution is 6.33. The molecular formula is C14H10ClNO3. The van der Waals surface area contributed by atoms with Gasteiger partial charge in [-0.15, -0.1) is 0 Å². The summed E-state index contributed by atoms with van der Waals surface area (Å²) in [6.45, 7) is 1.71. The van der Waals surface area contributed by atoms with E-state index in [4.69, 9.17) is 16.4 Å². The topological polar surface area (TPSA) is 55.7 Å². The van der Waals surface area contributed by atoms with E-state index in [1.807, 2.05) is 0 Å². The van der Waals surface area contributed by atoms with Crippen LogP contribution in [0, 0.1) is 0 Å². The average Bonchev–Trinajstić information content (AvgIpc) is 2.38. The number of ketones is 1. The molecule has 0 aromatic heterocycles. The monoisotopic (exact) mass is 275 g/mol. The fraction of sp³-hybridized carbons (Fsp3) is 0.0714. The maximum absolute atomic E-state index is 11.8. The molecule has 0 N–H and O–H groups in total. The molecule has 0 heterocycles. The smallest absolute Gasteiger partial charge is 0.312 e. The van der Waals surface area contributed by atoms with Crippen molar-refractivity contribution in [2.75, 3.05) is 0 Å². The molecule has 1 aliphatic carbocycles. The number of allylic oxidation sites excluding steroid dienone is 4. The second-order valence-corrected chi connectivity index (χ2v) is 4.31. The van der Waals surface area contributed by atoms with Gasteiger partial charge in [0.05, 0.1) is 10.6 Å². The van der Waals surface area contributed by atoms with Crippen LogP contribution in [-0.2, 0) is 9.63 Å². The minimum Gasteiger partial charge on any atom is -0.312 e. The summed E-state index contributed by atoms with van der Waals surface area (Å²) in [5, 5.41) is 4.02. The third-order valence-electron chi connectivity index (χ3n) is 2.49. The SMILES string of the molecule is CC1=CC(=O)C=C/C1=N\OC(=O)c1ccccc1Cl. The summed E-state index contributed by atoms with van der Waals surface area (Å²) in [4.78, 5) is 27.7. The molecule has 0 amide bonds. The second-order valence-electron chi connectivity index (χ2n) is 3.90.